The zero-order valence-electron chi connectivity index (χ0n) is 10.5. The van der Waals surface area contributed by atoms with Gasteiger partial charge in [0.2, 0.25) is 0 Å². The molecule has 4 nitrogen and oxygen atoms in total. The maximum Gasteiger partial charge on any atom is 0.283 e. The Labute approximate surface area is 129 Å². The van der Waals surface area contributed by atoms with E-state index >= 15 is 0 Å². The maximum atomic E-state index is 10.9. The van der Waals surface area contributed by atoms with Gasteiger partial charge < -0.3 is 5.11 Å². The molecule has 1 N–H and O–H groups in total. The summed E-state index contributed by atoms with van der Waals surface area (Å²) in [6, 6.07) is 12.6. The molecule has 0 unspecified atom stereocenters. The first-order valence-corrected chi connectivity index (χ1v) is 7.64. The van der Waals surface area contributed by atoms with E-state index in [2.05, 4.69) is 15.9 Å². The van der Waals surface area contributed by atoms with Crippen molar-refractivity contribution < 1.29 is 10.0 Å². The fourth-order valence-electron chi connectivity index (χ4n) is 1.67. The standard InChI is InChI=1S/C14H12BrNO3S/c15-14-11(2-1-3-13(14)16(18)19)9-20-12-6-4-10(8-17)5-7-12/h1-7,17H,8-9H2. The summed E-state index contributed by atoms with van der Waals surface area (Å²) in [6.45, 7) is 0.0291. The molecule has 104 valence electrons. The van der Waals surface area contributed by atoms with Crippen LogP contribution in [0.4, 0.5) is 5.69 Å². The third-order valence-electron chi connectivity index (χ3n) is 2.76. The minimum absolute atomic E-state index is 0.0291. The molecule has 0 fully saturated rings. The Bertz CT molecular complexity index is 616. The van der Waals surface area contributed by atoms with Crippen LogP contribution >= 0.6 is 27.7 Å². The Morgan fingerprint density at radius 3 is 2.50 bits per heavy atom. The molecule has 0 bridgehead atoms. The van der Waals surface area contributed by atoms with Crippen LogP contribution in [0, 0.1) is 10.1 Å². The van der Waals surface area contributed by atoms with Gasteiger partial charge in [-0.15, -0.1) is 11.8 Å². The molecule has 0 aliphatic heterocycles. The lowest BCUT2D eigenvalue weighted by Crippen LogP contribution is -1.92. The maximum absolute atomic E-state index is 10.9. The molecule has 6 heteroatoms. The smallest absolute Gasteiger partial charge is 0.283 e. The van der Waals surface area contributed by atoms with Gasteiger partial charge in [0.25, 0.3) is 5.69 Å². The fourth-order valence-corrected chi connectivity index (χ4v) is 3.30. The fraction of sp³-hybridized carbons (Fsp3) is 0.143. The number of aliphatic hydroxyl groups excluding tert-OH is 1. The Morgan fingerprint density at radius 1 is 1.20 bits per heavy atom. The molecule has 0 aromatic heterocycles. The van der Waals surface area contributed by atoms with Crippen molar-refractivity contribution in [2.24, 2.45) is 0 Å². The van der Waals surface area contributed by atoms with Gasteiger partial charge in [-0.05, 0) is 39.2 Å². The second-order valence-electron chi connectivity index (χ2n) is 4.10. The molecule has 0 saturated heterocycles. The predicted octanol–water partition coefficient (Wildman–Crippen LogP) is 4.14. The van der Waals surface area contributed by atoms with E-state index in [4.69, 9.17) is 5.11 Å². The summed E-state index contributed by atoms with van der Waals surface area (Å²) in [5.74, 6) is 0.640. The number of rotatable bonds is 5. The lowest BCUT2D eigenvalue weighted by molar-refractivity contribution is -0.385. The molecule has 0 saturated carbocycles. The molecule has 0 atom stereocenters. The van der Waals surface area contributed by atoms with Crippen LogP contribution in [0.3, 0.4) is 0 Å². The first-order valence-electron chi connectivity index (χ1n) is 5.86. The minimum atomic E-state index is -0.395. The summed E-state index contributed by atoms with van der Waals surface area (Å²) >= 11 is 4.88. The summed E-state index contributed by atoms with van der Waals surface area (Å²) in [5.41, 5.74) is 1.83. The Morgan fingerprint density at radius 2 is 1.90 bits per heavy atom. The normalized spacial score (nSPS) is 10.5. The third-order valence-corrected chi connectivity index (χ3v) is 4.73. The highest BCUT2D eigenvalue weighted by Gasteiger charge is 2.14. The highest BCUT2D eigenvalue weighted by molar-refractivity contribution is 9.10. The van der Waals surface area contributed by atoms with Crippen molar-refractivity contribution in [2.75, 3.05) is 0 Å². The second-order valence-corrected chi connectivity index (χ2v) is 5.94. The van der Waals surface area contributed by atoms with Crippen molar-refractivity contribution in [3.05, 3.63) is 68.2 Å². The predicted molar refractivity (Wildman–Crippen MR) is 82.7 cm³/mol. The summed E-state index contributed by atoms with van der Waals surface area (Å²) in [6.07, 6.45) is 0. The van der Waals surface area contributed by atoms with Crippen molar-refractivity contribution in [3.63, 3.8) is 0 Å². The van der Waals surface area contributed by atoms with Crippen molar-refractivity contribution in [1.82, 2.24) is 0 Å². The average Bonchev–Trinajstić information content (AvgIpc) is 2.46. The van der Waals surface area contributed by atoms with Crippen LogP contribution in [0.5, 0.6) is 0 Å². The van der Waals surface area contributed by atoms with Crippen LogP contribution in [0.2, 0.25) is 0 Å². The average molecular weight is 354 g/mol. The van der Waals surface area contributed by atoms with E-state index in [1.807, 2.05) is 30.3 Å². The van der Waals surface area contributed by atoms with E-state index in [1.165, 1.54) is 6.07 Å². The number of hydrogen-bond donors (Lipinski definition) is 1. The minimum Gasteiger partial charge on any atom is -0.392 e. The molecular formula is C14H12BrNO3S. The van der Waals surface area contributed by atoms with Gasteiger partial charge in [0, 0.05) is 16.7 Å². The van der Waals surface area contributed by atoms with Crippen molar-refractivity contribution in [3.8, 4) is 0 Å². The van der Waals surface area contributed by atoms with E-state index in [0.29, 0.717) is 10.2 Å². The Kier molecular flexibility index (Phi) is 5.17. The van der Waals surface area contributed by atoms with E-state index in [1.54, 1.807) is 17.8 Å². The van der Waals surface area contributed by atoms with Gasteiger partial charge in [-0.1, -0.05) is 24.3 Å². The zero-order valence-corrected chi connectivity index (χ0v) is 12.9. The van der Waals surface area contributed by atoms with Gasteiger partial charge in [0.05, 0.1) is 16.0 Å². The van der Waals surface area contributed by atoms with Crippen LogP contribution in [-0.2, 0) is 12.4 Å². The van der Waals surface area contributed by atoms with Gasteiger partial charge in [-0.25, -0.2) is 0 Å². The molecule has 0 heterocycles. The van der Waals surface area contributed by atoms with Crippen molar-refractivity contribution in [2.45, 2.75) is 17.3 Å². The number of nitro benzene ring substituents is 1. The molecule has 2 aromatic carbocycles. The van der Waals surface area contributed by atoms with Crippen LogP contribution in [-0.4, -0.2) is 10.0 Å². The number of nitro groups is 1. The topological polar surface area (TPSA) is 63.4 Å². The van der Waals surface area contributed by atoms with Crippen molar-refractivity contribution in [1.29, 1.82) is 0 Å². The van der Waals surface area contributed by atoms with Gasteiger partial charge >= 0.3 is 0 Å². The van der Waals surface area contributed by atoms with Gasteiger partial charge in [0.1, 0.15) is 0 Å². The zero-order chi connectivity index (χ0) is 14.5. The lowest BCUT2D eigenvalue weighted by Gasteiger charge is -2.05. The monoisotopic (exact) mass is 353 g/mol. The number of nitrogens with zero attached hydrogens (tertiary/aromatic N) is 1. The highest BCUT2D eigenvalue weighted by atomic mass is 79.9. The van der Waals surface area contributed by atoms with E-state index in [-0.39, 0.29) is 12.3 Å². The van der Waals surface area contributed by atoms with Crippen LogP contribution in [0.1, 0.15) is 11.1 Å². The Balaban J connectivity index is 2.10. The Hall–Kier alpha value is -1.37. The summed E-state index contributed by atoms with van der Waals surface area (Å²) in [7, 11) is 0. The third kappa shape index (κ3) is 3.59. The summed E-state index contributed by atoms with van der Waals surface area (Å²) < 4.78 is 0.532. The quantitative estimate of drug-likeness (QED) is 0.498. The van der Waals surface area contributed by atoms with Crippen LogP contribution < -0.4 is 0 Å². The molecule has 2 rings (SSSR count). The molecule has 0 spiro atoms. The van der Waals surface area contributed by atoms with Crippen LogP contribution in [0.25, 0.3) is 0 Å². The molecule has 0 aliphatic rings. The molecule has 20 heavy (non-hydrogen) atoms. The van der Waals surface area contributed by atoms with E-state index in [0.717, 1.165) is 16.0 Å². The molecule has 2 aromatic rings. The molecule has 0 aliphatic carbocycles. The number of benzene rings is 2. The van der Waals surface area contributed by atoms with Crippen LogP contribution in [0.15, 0.2) is 51.8 Å². The highest BCUT2D eigenvalue weighted by Crippen LogP contribution is 2.32. The molecular weight excluding hydrogens is 342 g/mol. The van der Waals surface area contributed by atoms with Gasteiger partial charge in [0.15, 0.2) is 0 Å². The molecule has 0 amide bonds. The first kappa shape index (κ1) is 15.0. The van der Waals surface area contributed by atoms with Gasteiger partial charge in [-0.2, -0.15) is 0 Å². The van der Waals surface area contributed by atoms with Gasteiger partial charge in [-0.3, -0.25) is 10.1 Å². The molecule has 0 radical (unpaired) electrons. The van der Waals surface area contributed by atoms with E-state index < -0.39 is 4.92 Å². The van der Waals surface area contributed by atoms with Crippen molar-refractivity contribution >= 4 is 33.4 Å². The lowest BCUT2D eigenvalue weighted by atomic mass is 10.2. The number of hydrogen-bond acceptors (Lipinski definition) is 4. The summed E-state index contributed by atoms with van der Waals surface area (Å²) in [5, 5.41) is 19.8. The summed E-state index contributed by atoms with van der Waals surface area (Å²) in [4.78, 5) is 11.5. The first-order chi connectivity index (χ1) is 9.61. The SMILES string of the molecule is O=[N+]([O-])c1cccc(CSc2ccc(CO)cc2)c1Br. The number of halogens is 1. The largest absolute Gasteiger partial charge is 0.392 e. The second kappa shape index (κ2) is 6.88. The number of aliphatic hydroxyl groups is 1. The number of thioether (sulfide) groups is 1. The van der Waals surface area contributed by atoms with E-state index in [9.17, 15) is 10.1 Å².